The smallest absolute Gasteiger partial charge is 0.243 e. The first-order chi connectivity index (χ1) is 15.5. The van der Waals surface area contributed by atoms with Gasteiger partial charge in [-0.1, -0.05) is 79.4 Å². The van der Waals surface area contributed by atoms with Gasteiger partial charge in [0.2, 0.25) is 11.8 Å². The number of halogens is 2. The van der Waals surface area contributed by atoms with Gasteiger partial charge in [-0.2, -0.15) is 0 Å². The maximum absolute atomic E-state index is 13.3. The highest BCUT2D eigenvalue weighted by molar-refractivity contribution is 7.99. The number of thioether (sulfide) groups is 1. The van der Waals surface area contributed by atoms with Crippen LogP contribution in [0.4, 0.5) is 0 Å². The summed E-state index contributed by atoms with van der Waals surface area (Å²) in [6.45, 7) is 2.22. The Kier molecular flexibility index (Phi) is 9.76. The molecule has 2 aromatic rings. The summed E-state index contributed by atoms with van der Waals surface area (Å²) in [7, 11) is 0. The molecule has 1 fully saturated rings. The Morgan fingerprint density at radius 2 is 1.84 bits per heavy atom. The highest BCUT2D eigenvalue weighted by Gasteiger charge is 2.30. The van der Waals surface area contributed by atoms with Gasteiger partial charge in [0.05, 0.1) is 5.75 Å². The van der Waals surface area contributed by atoms with Gasteiger partial charge < -0.3 is 10.2 Å². The molecule has 7 heteroatoms. The van der Waals surface area contributed by atoms with Crippen molar-refractivity contribution in [3.05, 3.63) is 69.7 Å². The lowest BCUT2D eigenvalue weighted by Gasteiger charge is -2.31. The summed E-state index contributed by atoms with van der Waals surface area (Å²) in [4.78, 5) is 28.1. The van der Waals surface area contributed by atoms with E-state index in [-0.39, 0.29) is 24.4 Å². The van der Waals surface area contributed by atoms with Gasteiger partial charge in [0, 0.05) is 28.4 Å². The summed E-state index contributed by atoms with van der Waals surface area (Å²) in [5, 5.41) is 4.20. The third-order valence-electron chi connectivity index (χ3n) is 5.78. The molecular weight excluding hydrogens is 463 g/mol. The first-order valence-corrected chi connectivity index (χ1v) is 13.0. The number of amides is 2. The zero-order valence-corrected chi connectivity index (χ0v) is 20.7. The number of carbonyl (C=O) groups excluding carboxylic acids is 2. The number of nitrogens with one attached hydrogen (secondary N) is 1. The number of benzene rings is 2. The Labute approximate surface area is 205 Å². The summed E-state index contributed by atoms with van der Waals surface area (Å²) >= 11 is 14.0. The average molecular weight is 494 g/mol. The molecular formula is C25H30Cl2N2O2S. The second kappa shape index (κ2) is 12.5. The van der Waals surface area contributed by atoms with Crippen LogP contribution in [0.3, 0.4) is 0 Å². The molecule has 0 aromatic heterocycles. The van der Waals surface area contributed by atoms with Crippen molar-refractivity contribution in [3.8, 4) is 0 Å². The first kappa shape index (κ1) is 24.9. The van der Waals surface area contributed by atoms with Gasteiger partial charge in [-0.25, -0.2) is 0 Å². The molecule has 1 aliphatic rings. The van der Waals surface area contributed by atoms with Gasteiger partial charge >= 0.3 is 0 Å². The van der Waals surface area contributed by atoms with Crippen LogP contribution in [-0.4, -0.2) is 34.6 Å². The fourth-order valence-corrected chi connectivity index (χ4v) is 5.37. The lowest BCUT2D eigenvalue weighted by Crippen LogP contribution is -2.51. The number of hydrogen-bond donors (Lipinski definition) is 1. The fraction of sp³-hybridized carbons (Fsp3) is 0.440. The molecule has 0 unspecified atom stereocenters. The molecule has 0 bridgehead atoms. The Bertz CT molecular complexity index is 904. The Balaban J connectivity index is 1.73. The molecule has 0 saturated heterocycles. The number of rotatable bonds is 10. The molecule has 0 spiro atoms. The zero-order valence-electron chi connectivity index (χ0n) is 18.4. The van der Waals surface area contributed by atoms with E-state index in [0.29, 0.717) is 22.2 Å². The average Bonchev–Trinajstić information content (AvgIpc) is 3.28. The summed E-state index contributed by atoms with van der Waals surface area (Å²) in [5.74, 6) is 0.900. The molecule has 3 rings (SSSR count). The minimum absolute atomic E-state index is 0.0645. The maximum Gasteiger partial charge on any atom is 0.243 e. The zero-order chi connectivity index (χ0) is 22.9. The lowest BCUT2D eigenvalue weighted by atomic mass is 10.1. The molecule has 1 saturated carbocycles. The van der Waals surface area contributed by atoms with Crippen LogP contribution in [0.1, 0.15) is 50.2 Å². The van der Waals surface area contributed by atoms with Crippen molar-refractivity contribution in [2.24, 2.45) is 0 Å². The van der Waals surface area contributed by atoms with Gasteiger partial charge in [0.15, 0.2) is 0 Å². The third-order valence-corrected chi connectivity index (χ3v) is 7.36. The van der Waals surface area contributed by atoms with E-state index in [2.05, 4.69) is 5.32 Å². The van der Waals surface area contributed by atoms with Crippen molar-refractivity contribution < 1.29 is 9.59 Å². The molecule has 1 atom stereocenters. The fourth-order valence-electron chi connectivity index (χ4n) is 4.03. The highest BCUT2D eigenvalue weighted by atomic mass is 35.5. The molecule has 1 aliphatic carbocycles. The Morgan fingerprint density at radius 3 is 2.50 bits per heavy atom. The molecule has 0 heterocycles. The third kappa shape index (κ3) is 7.16. The molecule has 2 amide bonds. The predicted octanol–water partition coefficient (Wildman–Crippen LogP) is 6.09. The largest absolute Gasteiger partial charge is 0.352 e. The van der Waals surface area contributed by atoms with Crippen LogP contribution in [0.5, 0.6) is 0 Å². The van der Waals surface area contributed by atoms with E-state index < -0.39 is 6.04 Å². The molecule has 2 aromatic carbocycles. The molecule has 4 nitrogen and oxygen atoms in total. The van der Waals surface area contributed by atoms with Gasteiger partial charge in [-0.05, 0) is 42.5 Å². The van der Waals surface area contributed by atoms with Crippen LogP contribution in [0.15, 0.2) is 48.5 Å². The van der Waals surface area contributed by atoms with Crippen LogP contribution in [-0.2, 0) is 21.9 Å². The molecule has 1 N–H and O–H groups in total. The standard InChI is InChI=1S/C25H30Cl2N2O2S/c1-2-23(25(31)28-21-10-6-7-11-21)29(15-19-12-13-20(26)14-22(19)27)24(30)17-32-16-18-8-4-3-5-9-18/h3-5,8-9,12-14,21,23H,2,6-7,10-11,15-17H2,1H3,(H,28,31)/t23-/m0/s1. The first-order valence-electron chi connectivity index (χ1n) is 11.1. The molecule has 172 valence electrons. The minimum Gasteiger partial charge on any atom is -0.352 e. The van der Waals surface area contributed by atoms with Crippen molar-refractivity contribution in [2.45, 2.75) is 63.4 Å². The van der Waals surface area contributed by atoms with Gasteiger partial charge in [0.1, 0.15) is 6.04 Å². The van der Waals surface area contributed by atoms with E-state index in [4.69, 9.17) is 23.2 Å². The number of nitrogens with zero attached hydrogens (tertiary/aromatic N) is 1. The van der Waals surface area contributed by atoms with Gasteiger partial charge in [-0.15, -0.1) is 11.8 Å². The van der Waals surface area contributed by atoms with Crippen molar-refractivity contribution in [2.75, 3.05) is 5.75 Å². The Hall–Kier alpha value is -1.69. The topological polar surface area (TPSA) is 49.4 Å². The summed E-state index contributed by atoms with van der Waals surface area (Å²) in [6.07, 6.45) is 4.83. The van der Waals surface area contributed by atoms with Crippen LogP contribution in [0, 0.1) is 0 Å². The highest BCUT2D eigenvalue weighted by Crippen LogP contribution is 2.25. The molecule has 0 aliphatic heterocycles. The summed E-state index contributed by atoms with van der Waals surface area (Å²) in [6, 6.07) is 15.0. The normalized spacial score (nSPS) is 14.8. The number of hydrogen-bond acceptors (Lipinski definition) is 3. The van der Waals surface area contributed by atoms with Crippen LogP contribution < -0.4 is 5.32 Å². The minimum atomic E-state index is -0.535. The van der Waals surface area contributed by atoms with Crippen LogP contribution >= 0.6 is 35.0 Å². The lowest BCUT2D eigenvalue weighted by molar-refractivity contribution is -0.139. The Morgan fingerprint density at radius 1 is 1.12 bits per heavy atom. The second-order valence-corrected chi connectivity index (χ2v) is 9.98. The van der Waals surface area contributed by atoms with Gasteiger partial charge in [-0.3, -0.25) is 9.59 Å². The van der Waals surface area contributed by atoms with Crippen molar-refractivity contribution in [1.29, 1.82) is 0 Å². The summed E-state index contributed by atoms with van der Waals surface area (Å²) < 4.78 is 0. The SMILES string of the molecule is CC[C@@H](C(=O)NC1CCCC1)N(Cc1ccc(Cl)cc1Cl)C(=O)CSCc1ccccc1. The van der Waals surface area contributed by atoms with Crippen LogP contribution in [0.25, 0.3) is 0 Å². The van der Waals surface area contributed by atoms with Crippen LogP contribution in [0.2, 0.25) is 10.0 Å². The van der Waals surface area contributed by atoms with E-state index in [1.807, 2.05) is 43.3 Å². The number of carbonyl (C=O) groups is 2. The van der Waals surface area contributed by atoms with Crippen molar-refractivity contribution >= 4 is 46.8 Å². The predicted molar refractivity (Wildman–Crippen MR) is 134 cm³/mol. The molecule has 32 heavy (non-hydrogen) atoms. The van der Waals surface area contributed by atoms with E-state index >= 15 is 0 Å². The van der Waals surface area contributed by atoms with E-state index in [1.54, 1.807) is 28.8 Å². The van der Waals surface area contributed by atoms with Gasteiger partial charge in [0.25, 0.3) is 0 Å². The quantitative estimate of drug-likeness (QED) is 0.436. The van der Waals surface area contributed by atoms with Crippen molar-refractivity contribution in [3.63, 3.8) is 0 Å². The van der Waals surface area contributed by atoms with E-state index in [0.717, 1.165) is 37.0 Å². The monoisotopic (exact) mass is 492 g/mol. The second-order valence-electron chi connectivity index (χ2n) is 8.15. The maximum atomic E-state index is 13.3. The van der Waals surface area contributed by atoms with E-state index in [9.17, 15) is 9.59 Å². The van der Waals surface area contributed by atoms with Crippen molar-refractivity contribution in [1.82, 2.24) is 10.2 Å². The summed E-state index contributed by atoms with van der Waals surface area (Å²) in [5.41, 5.74) is 1.95. The van der Waals surface area contributed by atoms with E-state index in [1.165, 1.54) is 5.56 Å². The molecule has 0 radical (unpaired) electrons.